The average Bonchev–Trinajstić information content (AvgIpc) is 3.38. The first-order valence-electron chi connectivity index (χ1n) is 8.75. The van der Waals surface area contributed by atoms with Crippen molar-refractivity contribution in [2.45, 2.75) is 12.0 Å². The van der Waals surface area contributed by atoms with Gasteiger partial charge in [-0.15, -0.1) is 10.2 Å². The van der Waals surface area contributed by atoms with E-state index in [1.54, 1.807) is 14.0 Å². The van der Waals surface area contributed by atoms with Crippen LogP contribution in [-0.4, -0.2) is 56.2 Å². The van der Waals surface area contributed by atoms with Gasteiger partial charge in [0.15, 0.2) is 0 Å². The zero-order valence-corrected chi connectivity index (χ0v) is 16.3. The number of sulfonamides is 1. The molecule has 1 aliphatic heterocycles. The Morgan fingerprint density at radius 2 is 1.79 bits per heavy atom. The van der Waals surface area contributed by atoms with Gasteiger partial charge in [-0.25, -0.2) is 8.42 Å². The van der Waals surface area contributed by atoms with Crippen molar-refractivity contribution < 1.29 is 22.0 Å². The van der Waals surface area contributed by atoms with Crippen LogP contribution in [0.1, 0.15) is 5.89 Å². The number of nitrogens with zero attached hydrogens (tertiary/aromatic N) is 4. The van der Waals surface area contributed by atoms with Gasteiger partial charge in [0.05, 0.1) is 12.7 Å². The molecule has 1 fully saturated rings. The topological polar surface area (TPSA) is 102 Å². The van der Waals surface area contributed by atoms with E-state index in [4.69, 9.17) is 13.6 Å². The quantitative estimate of drug-likeness (QED) is 0.637. The molecule has 0 atom stereocenters. The molecule has 1 aromatic carbocycles. The van der Waals surface area contributed by atoms with E-state index in [0.29, 0.717) is 37.6 Å². The molecule has 0 amide bonds. The maximum Gasteiger partial charge on any atom is 0.276 e. The first kappa shape index (κ1) is 18.5. The zero-order valence-electron chi connectivity index (χ0n) is 15.5. The van der Waals surface area contributed by atoms with Crippen molar-refractivity contribution in [2.24, 2.45) is 0 Å². The molecule has 10 heteroatoms. The average molecular weight is 404 g/mol. The van der Waals surface area contributed by atoms with E-state index in [9.17, 15) is 8.42 Å². The fourth-order valence-corrected chi connectivity index (χ4v) is 4.43. The predicted molar refractivity (Wildman–Crippen MR) is 101 cm³/mol. The molecule has 9 nitrogen and oxygen atoms in total. The summed E-state index contributed by atoms with van der Waals surface area (Å²) >= 11 is 0. The lowest BCUT2D eigenvalue weighted by Gasteiger charge is -2.34. The monoisotopic (exact) mass is 404 g/mol. The molecule has 28 heavy (non-hydrogen) atoms. The van der Waals surface area contributed by atoms with Gasteiger partial charge in [0.1, 0.15) is 12.0 Å². The third kappa shape index (κ3) is 3.48. The number of aryl methyl sites for hydroxylation is 1. The molecule has 0 saturated carbocycles. The fraction of sp³-hybridized carbons (Fsp3) is 0.333. The number of rotatable bonds is 5. The fourth-order valence-electron chi connectivity index (χ4n) is 3.08. The summed E-state index contributed by atoms with van der Waals surface area (Å²) in [5.74, 6) is 1.41. The first-order chi connectivity index (χ1) is 13.5. The summed E-state index contributed by atoms with van der Waals surface area (Å²) < 4.78 is 43.0. The van der Waals surface area contributed by atoms with Gasteiger partial charge in [-0.05, 0) is 24.3 Å². The van der Waals surface area contributed by atoms with Crippen molar-refractivity contribution >= 4 is 15.7 Å². The molecule has 0 aliphatic carbocycles. The highest BCUT2D eigenvalue weighted by molar-refractivity contribution is 7.89. The summed E-state index contributed by atoms with van der Waals surface area (Å²) in [7, 11) is -2.11. The number of methoxy groups -OCH3 is 1. The molecular weight excluding hydrogens is 384 g/mol. The number of furan rings is 1. The highest BCUT2D eigenvalue weighted by Gasteiger charge is 2.31. The maximum absolute atomic E-state index is 12.9. The van der Waals surface area contributed by atoms with E-state index in [2.05, 4.69) is 15.1 Å². The van der Waals surface area contributed by atoms with Gasteiger partial charge in [-0.2, -0.15) is 4.31 Å². The lowest BCUT2D eigenvalue weighted by molar-refractivity contribution is 0.361. The Labute approximate surface area is 162 Å². The van der Waals surface area contributed by atoms with E-state index in [0.717, 1.165) is 11.4 Å². The molecule has 0 unspecified atom stereocenters. The van der Waals surface area contributed by atoms with E-state index in [-0.39, 0.29) is 11.0 Å². The second-order valence-corrected chi connectivity index (χ2v) is 8.24. The molecule has 0 bridgehead atoms. The normalized spacial score (nSPS) is 15.7. The van der Waals surface area contributed by atoms with Gasteiger partial charge in [0.25, 0.3) is 15.9 Å². The highest BCUT2D eigenvalue weighted by Crippen LogP contribution is 2.27. The third-order valence-electron chi connectivity index (χ3n) is 4.62. The summed E-state index contributed by atoms with van der Waals surface area (Å²) in [6, 6.07) is 9.13. The Morgan fingerprint density at radius 1 is 1.07 bits per heavy atom. The minimum atomic E-state index is -3.73. The van der Waals surface area contributed by atoms with Crippen LogP contribution in [0.3, 0.4) is 0 Å². The van der Waals surface area contributed by atoms with E-state index < -0.39 is 10.0 Å². The van der Waals surface area contributed by atoms with Gasteiger partial charge in [0.2, 0.25) is 11.0 Å². The highest BCUT2D eigenvalue weighted by atomic mass is 32.2. The first-order valence-corrected chi connectivity index (χ1v) is 10.2. The van der Waals surface area contributed by atoms with Gasteiger partial charge in [0, 0.05) is 44.9 Å². The molecule has 3 heterocycles. The Balaban J connectivity index is 1.45. The molecule has 1 aliphatic rings. The smallest absolute Gasteiger partial charge is 0.276 e. The molecule has 2 aromatic heterocycles. The lowest BCUT2D eigenvalue weighted by atomic mass is 10.2. The molecular formula is C18H20N4O5S. The predicted octanol–water partition coefficient (Wildman–Crippen LogP) is 2.16. The summed E-state index contributed by atoms with van der Waals surface area (Å²) in [4.78, 5) is 2.14. The van der Waals surface area contributed by atoms with Crippen molar-refractivity contribution in [3.63, 3.8) is 0 Å². The zero-order chi connectivity index (χ0) is 19.7. The number of hydrogen-bond donors (Lipinski definition) is 0. The Hall–Kier alpha value is -2.85. The second-order valence-electron chi connectivity index (χ2n) is 6.37. The number of ether oxygens (including phenoxy) is 1. The molecule has 0 spiro atoms. The molecule has 148 valence electrons. The number of hydrogen-bond acceptors (Lipinski definition) is 8. The summed E-state index contributed by atoms with van der Waals surface area (Å²) in [6.07, 6.45) is 1.31. The van der Waals surface area contributed by atoms with Crippen LogP contribution in [0.15, 0.2) is 50.5 Å². The van der Waals surface area contributed by atoms with Crippen molar-refractivity contribution in [1.82, 2.24) is 14.5 Å². The largest absolute Gasteiger partial charge is 0.497 e. The van der Waals surface area contributed by atoms with E-state index in [1.165, 1.54) is 16.6 Å². The van der Waals surface area contributed by atoms with Gasteiger partial charge >= 0.3 is 0 Å². The molecule has 3 aromatic rings. The van der Waals surface area contributed by atoms with Crippen molar-refractivity contribution in [3.8, 4) is 17.2 Å². The van der Waals surface area contributed by atoms with Crippen LogP contribution in [0.5, 0.6) is 5.75 Å². The van der Waals surface area contributed by atoms with Crippen LogP contribution in [0, 0.1) is 6.92 Å². The Morgan fingerprint density at radius 3 is 2.39 bits per heavy atom. The van der Waals surface area contributed by atoms with Crippen LogP contribution in [0.4, 0.5) is 5.69 Å². The molecule has 0 radical (unpaired) electrons. The van der Waals surface area contributed by atoms with Gasteiger partial charge < -0.3 is 18.5 Å². The summed E-state index contributed by atoms with van der Waals surface area (Å²) in [6.45, 7) is 3.56. The van der Waals surface area contributed by atoms with Crippen molar-refractivity contribution in [2.75, 3.05) is 38.2 Å². The van der Waals surface area contributed by atoms with Crippen LogP contribution in [0.2, 0.25) is 0 Å². The van der Waals surface area contributed by atoms with Crippen LogP contribution in [0.25, 0.3) is 11.5 Å². The van der Waals surface area contributed by atoms with Crippen molar-refractivity contribution in [3.05, 3.63) is 42.5 Å². The van der Waals surface area contributed by atoms with E-state index >= 15 is 0 Å². The van der Waals surface area contributed by atoms with Gasteiger partial charge in [-0.1, -0.05) is 0 Å². The lowest BCUT2D eigenvalue weighted by Crippen LogP contribution is -2.48. The number of anilines is 1. The van der Waals surface area contributed by atoms with Crippen LogP contribution in [-0.2, 0) is 10.0 Å². The number of benzene rings is 1. The molecule has 0 N–H and O–H groups in total. The SMILES string of the molecule is COc1ccc(N2CCN(S(=O)(=O)c3cc(-c4nnc(C)o4)co3)CC2)cc1. The summed E-state index contributed by atoms with van der Waals surface area (Å²) in [5, 5.41) is 7.49. The van der Waals surface area contributed by atoms with E-state index in [1.807, 2.05) is 24.3 Å². The third-order valence-corrected chi connectivity index (χ3v) is 6.39. The number of piperazine rings is 1. The second kappa shape index (κ2) is 7.28. The summed E-state index contributed by atoms with van der Waals surface area (Å²) in [5.41, 5.74) is 1.47. The molecule has 1 saturated heterocycles. The van der Waals surface area contributed by atoms with Crippen molar-refractivity contribution in [1.29, 1.82) is 0 Å². The standard InChI is InChI=1S/C18H20N4O5S/c1-13-19-20-18(27-13)14-11-17(26-12-14)28(23,24)22-9-7-21(8-10-22)15-3-5-16(25-2)6-4-15/h3-6,11-12H,7-10H2,1-2H3. The minimum absolute atomic E-state index is 0.128. The molecule has 4 rings (SSSR count). The number of aromatic nitrogens is 2. The van der Waals surface area contributed by atoms with Gasteiger partial charge in [-0.3, -0.25) is 0 Å². The van der Waals surface area contributed by atoms with Crippen LogP contribution < -0.4 is 9.64 Å². The Kier molecular flexibility index (Phi) is 4.82. The minimum Gasteiger partial charge on any atom is -0.497 e. The van der Waals surface area contributed by atoms with Crippen LogP contribution >= 0.6 is 0 Å². The Bertz CT molecular complexity index is 1050. The maximum atomic E-state index is 12.9.